The molecule has 216 valence electrons. The molecule has 0 aliphatic heterocycles. The molecule has 7 heteroatoms. The van der Waals surface area contributed by atoms with Crippen LogP contribution in [0, 0.1) is 0 Å². The van der Waals surface area contributed by atoms with E-state index in [2.05, 4.69) is 9.55 Å². The number of carbonyl (C=O) groups excluding carboxylic acids is 2. The van der Waals surface area contributed by atoms with Crippen molar-refractivity contribution in [1.82, 2.24) is 14.5 Å². The third kappa shape index (κ3) is 4.42. The quantitative estimate of drug-likeness (QED) is 0.191. The summed E-state index contributed by atoms with van der Waals surface area (Å²) >= 11 is 0. The highest BCUT2D eigenvalue weighted by Gasteiger charge is 2.55. The molecule has 0 spiro atoms. The van der Waals surface area contributed by atoms with Crippen molar-refractivity contribution < 1.29 is 19.1 Å². The maximum Gasteiger partial charge on any atom is 0.182 e. The summed E-state index contributed by atoms with van der Waals surface area (Å²) < 4.78 is 14.0. The molecule has 1 fully saturated rings. The number of carbonyl (C=O) groups is 2. The second-order valence-electron chi connectivity index (χ2n) is 11.6. The number of Topliss-reactive ketones (excluding diaryl/α,β-unsaturated/α-hetero) is 2. The lowest BCUT2D eigenvalue weighted by Gasteiger charge is -2.27. The van der Waals surface area contributed by atoms with Crippen molar-refractivity contribution in [3.05, 3.63) is 119 Å². The van der Waals surface area contributed by atoms with Crippen LogP contribution < -0.4 is 9.47 Å². The smallest absolute Gasteiger partial charge is 0.182 e. The number of hydrogen-bond acceptors (Lipinski definition) is 6. The van der Waals surface area contributed by atoms with Gasteiger partial charge in [-0.3, -0.25) is 14.6 Å². The lowest BCUT2D eigenvalue weighted by molar-refractivity contribution is 0.0794. The Balaban J connectivity index is 1.38. The Morgan fingerprint density at radius 3 is 2.37 bits per heavy atom. The minimum atomic E-state index is -1.49. The predicted molar refractivity (Wildman–Crippen MR) is 164 cm³/mol. The highest BCUT2D eigenvalue weighted by Crippen LogP contribution is 2.47. The third-order valence-electron chi connectivity index (χ3n) is 9.14. The van der Waals surface area contributed by atoms with Gasteiger partial charge in [-0.2, -0.15) is 0 Å². The molecule has 1 unspecified atom stereocenters. The second-order valence-corrected chi connectivity index (χ2v) is 11.6. The van der Waals surface area contributed by atoms with Gasteiger partial charge < -0.3 is 14.0 Å². The van der Waals surface area contributed by atoms with E-state index in [-0.39, 0.29) is 18.0 Å². The first-order valence-electron chi connectivity index (χ1n) is 14.8. The van der Waals surface area contributed by atoms with Crippen LogP contribution in [0.25, 0.3) is 11.0 Å². The Kier molecular flexibility index (Phi) is 6.80. The topological polar surface area (TPSA) is 83.3 Å². The van der Waals surface area contributed by atoms with Crippen molar-refractivity contribution in [2.45, 2.75) is 50.0 Å². The van der Waals surface area contributed by atoms with Gasteiger partial charge in [-0.25, -0.2) is 4.98 Å². The molecular weight excluding hydrogens is 538 g/mol. The van der Waals surface area contributed by atoms with Crippen molar-refractivity contribution in [1.29, 1.82) is 0 Å². The number of nitrogens with zero attached hydrogens (tertiary/aromatic N) is 3. The zero-order valence-electron chi connectivity index (χ0n) is 24.4. The zero-order valence-corrected chi connectivity index (χ0v) is 24.4. The molecule has 2 aliphatic carbocycles. The standard InChI is InChI=1S/C36H33N3O4/c1-39-32-30(42-2)15-14-29(31(32)38-35(39)25-10-6-7-11-25)36(21-23-16-18-37-19-17-23)33(40)27-13-12-26(20-28(27)34(36)41)43-22-24-8-4-3-5-9-24/h3-5,8-9,12-20,25H,6-7,10-11,21-22H2,1-2H3. The first-order valence-corrected chi connectivity index (χ1v) is 14.8. The van der Waals surface area contributed by atoms with E-state index in [1.54, 1.807) is 37.7 Å². The van der Waals surface area contributed by atoms with Crippen LogP contribution in [0.2, 0.25) is 0 Å². The van der Waals surface area contributed by atoms with E-state index in [9.17, 15) is 9.59 Å². The lowest BCUT2D eigenvalue weighted by atomic mass is 9.71. The van der Waals surface area contributed by atoms with E-state index in [1.165, 1.54) is 12.8 Å². The number of aromatic nitrogens is 3. The first kappa shape index (κ1) is 27.1. The van der Waals surface area contributed by atoms with Crippen molar-refractivity contribution in [3.8, 4) is 11.5 Å². The Bertz CT molecular complexity index is 1840. The van der Waals surface area contributed by atoms with E-state index in [4.69, 9.17) is 14.5 Å². The summed E-state index contributed by atoms with van der Waals surface area (Å²) in [7, 11) is 3.65. The van der Waals surface area contributed by atoms with E-state index in [0.29, 0.717) is 46.2 Å². The number of fused-ring (bicyclic) bond motifs is 2. The highest BCUT2D eigenvalue weighted by molar-refractivity contribution is 6.34. The highest BCUT2D eigenvalue weighted by atomic mass is 16.5. The largest absolute Gasteiger partial charge is 0.494 e. The Morgan fingerprint density at radius 1 is 0.884 bits per heavy atom. The molecule has 0 radical (unpaired) electrons. The Labute approximate surface area is 250 Å². The summed E-state index contributed by atoms with van der Waals surface area (Å²) in [5.41, 5.74) is 3.22. The van der Waals surface area contributed by atoms with Gasteiger partial charge in [0.1, 0.15) is 34.9 Å². The molecular formula is C36H33N3O4. The predicted octanol–water partition coefficient (Wildman–Crippen LogP) is 6.77. The third-order valence-corrected chi connectivity index (χ3v) is 9.14. The molecule has 1 atom stereocenters. The number of benzene rings is 3. The number of imidazole rings is 1. The summed E-state index contributed by atoms with van der Waals surface area (Å²) in [6, 6.07) is 22.5. The Morgan fingerprint density at radius 2 is 1.63 bits per heavy atom. The van der Waals surface area contributed by atoms with Crippen LogP contribution in [-0.2, 0) is 25.5 Å². The molecule has 0 amide bonds. The van der Waals surface area contributed by atoms with Crippen LogP contribution in [0.3, 0.4) is 0 Å². The average Bonchev–Trinajstić information content (AvgIpc) is 3.75. The Hall–Kier alpha value is -4.78. The molecule has 5 aromatic rings. The first-order chi connectivity index (χ1) is 21.0. The average molecular weight is 572 g/mol. The van der Waals surface area contributed by atoms with Crippen molar-refractivity contribution >= 4 is 22.6 Å². The molecule has 2 aromatic heterocycles. The van der Waals surface area contributed by atoms with Crippen LogP contribution in [0.4, 0.5) is 0 Å². The summed E-state index contributed by atoms with van der Waals surface area (Å²) in [5.74, 6) is 2.06. The molecule has 0 N–H and O–H groups in total. The van der Waals surface area contributed by atoms with E-state index >= 15 is 0 Å². The number of hydrogen-bond donors (Lipinski definition) is 0. The van der Waals surface area contributed by atoms with Gasteiger partial charge >= 0.3 is 0 Å². The van der Waals surface area contributed by atoms with Gasteiger partial charge in [-0.15, -0.1) is 0 Å². The summed E-state index contributed by atoms with van der Waals surface area (Å²) in [4.78, 5) is 38.7. The van der Waals surface area contributed by atoms with Gasteiger partial charge in [0.2, 0.25) is 0 Å². The van der Waals surface area contributed by atoms with E-state index in [1.807, 2.05) is 61.6 Å². The van der Waals surface area contributed by atoms with Gasteiger partial charge in [0.05, 0.1) is 12.6 Å². The number of pyridine rings is 1. The lowest BCUT2D eigenvalue weighted by Crippen LogP contribution is -2.41. The number of ether oxygens (including phenoxy) is 2. The van der Waals surface area contributed by atoms with Gasteiger partial charge in [-0.1, -0.05) is 49.2 Å². The SMILES string of the molecule is COc1ccc(C2(Cc3ccncc3)C(=O)c3ccc(OCc4ccccc4)cc3C2=O)c2nc(C3CCCC3)n(C)c12. The summed E-state index contributed by atoms with van der Waals surface area (Å²) in [5, 5.41) is 0. The van der Waals surface area contributed by atoms with Crippen molar-refractivity contribution in [3.63, 3.8) is 0 Å². The molecule has 2 aliphatic rings. The summed E-state index contributed by atoms with van der Waals surface area (Å²) in [6.07, 6.45) is 8.07. The molecule has 7 rings (SSSR count). The number of aryl methyl sites for hydroxylation is 1. The van der Waals surface area contributed by atoms with Gasteiger partial charge in [0, 0.05) is 42.0 Å². The van der Waals surface area contributed by atoms with E-state index in [0.717, 1.165) is 35.3 Å². The van der Waals surface area contributed by atoms with Gasteiger partial charge in [0.25, 0.3) is 0 Å². The monoisotopic (exact) mass is 571 g/mol. The zero-order chi connectivity index (χ0) is 29.6. The van der Waals surface area contributed by atoms with Gasteiger partial charge in [0.15, 0.2) is 11.6 Å². The fourth-order valence-corrected chi connectivity index (χ4v) is 6.97. The minimum absolute atomic E-state index is 0.193. The fraction of sp³-hybridized carbons (Fsp3) is 0.278. The number of ketones is 2. The van der Waals surface area contributed by atoms with Crippen LogP contribution in [0.5, 0.6) is 11.5 Å². The van der Waals surface area contributed by atoms with Crippen molar-refractivity contribution in [2.24, 2.45) is 7.05 Å². The van der Waals surface area contributed by atoms with E-state index < -0.39 is 5.41 Å². The maximum atomic E-state index is 14.7. The molecule has 0 saturated heterocycles. The molecule has 3 aromatic carbocycles. The number of rotatable bonds is 8. The maximum absolute atomic E-state index is 14.7. The van der Waals surface area contributed by atoms with Crippen LogP contribution in [-0.4, -0.2) is 33.2 Å². The number of methoxy groups -OCH3 is 1. The molecule has 1 saturated carbocycles. The summed E-state index contributed by atoms with van der Waals surface area (Å²) in [6.45, 7) is 0.362. The van der Waals surface area contributed by atoms with Crippen LogP contribution in [0.1, 0.15) is 74.8 Å². The molecule has 2 heterocycles. The van der Waals surface area contributed by atoms with Crippen LogP contribution >= 0.6 is 0 Å². The van der Waals surface area contributed by atoms with Crippen LogP contribution in [0.15, 0.2) is 85.2 Å². The van der Waals surface area contributed by atoms with Crippen molar-refractivity contribution in [2.75, 3.05) is 7.11 Å². The second kappa shape index (κ2) is 10.8. The van der Waals surface area contributed by atoms with Gasteiger partial charge in [-0.05, 0) is 66.8 Å². The minimum Gasteiger partial charge on any atom is -0.494 e. The molecule has 43 heavy (non-hydrogen) atoms. The fourth-order valence-electron chi connectivity index (χ4n) is 6.97. The normalized spacial score (nSPS) is 18.4. The molecule has 7 nitrogen and oxygen atoms in total. The molecule has 0 bridgehead atoms.